The van der Waals surface area contributed by atoms with Crippen molar-refractivity contribution >= 4 is 14.3 Å². The fourth-order valence-electron chi connectivity index (χ4n) is 3.56. The molecule has 0 rings (SSSR count). The Labute approximate surface area is 204 Å². The summed E-state index contributed by atoms with van der Waals surface area (Å²) in [6.45, 7) is 27.7. The molecule has 2 N–H and O–H groups in total. The van der Waals surface area contributed by atoms with Gasteiger partial charge in [-0.2, -0.15) is 0 Å². The molecule has 0 aromatic rings. The standard InChI is InChI=1S/C28H50O4Si/c1-12-26(32-33(10,11)28(7,8)9)25(20(2)3)17-16-21(4)14-13-15-22(5)18-24(29)19-23(6)27(30)31/h12,14,18,20,24-26,29H,1,6,13,15-17,19H2,2-5,7-11H3,(H,30,31)/b21-14+,22-18+/t24-,25-,26+/m0/s1. The Bertz CT molecular complexity index is 710. The fraction of sp³-hybridized carbons (Fsp3) is 0.679. The van der Waals surface area contributed by atoms with Gasteiger partial charge in [0.25, 0.3) is 0 Å². The third-order valence-corrected chi connectivity index (χ3v) is 11.4. The number of aliphatic hydroxyl groups excluding tert-OH is 1. The quantitative estimate of drug-likeness (QED) is 0.144. The minimum atomic E-state index is -1.87. The predicted octanol–water partition coefficient (Wildman–Crippen LogP) is 7.68. The van der Waals surface area contributed by atoms with Crippen molar-refractivity contribution in [2.45, 2.75) is 111 Å². The highest BCUT2D eigenvalue weighted by Crippen LogP contribution is 2.39. The molecule has 4 nitrogen and oxygen atoms in total. The van der Waals surface area contributed by atoms with E-state index in [2.05, 4.69) is 73.9 Å². The number of carboxylic acids is 1. The van der Waals surface area contributed by atoms with Crippen molar-refractivity contribution in [2.24, 2.45) is 11.8 Å². The first-order valence-electron chi connectivity index (χ1n) is 12.2. The van der Waals surface area contributed by atoms with Gasteiger partial charge in [0.05, 0.1) is 12.2 Å². The summed E-state index contributed by atoms with van der Waals surface area (Å²) in [5.41, 5.74) is 2.44. The maximum absolute atomic E-state index is 10.8. The van der Waals surface area contributed by atoms with E-state index in [1.165, 1.54) is 5.57 Å². The molecule has 0 unspecified atom stereocenters. The van der Waals surface area contributed by atoms with Gasteiger partial charge in [0.1, 0.15) is 0 Å². The van der Waals surface area contributed by atoms with Crippen LogP contribution in [0.2, 0.25) is 18.1 Å². The van der Waals surface area contributed by atoms with E-state index in [1.54, 1.807) is 6.08 Å². The first-order valence-corrected chi connectivity index (χ1v) is 15.1. The number of aliphatic hydroxyl groups is 1. The summed E-state index contributed by atoms with van der Waals surface area (Å²) in [6, 6.07) is 0. The summed E-state index contributed by atoms with van der Waals surface area (Å²) in [5.74, 6) is -0.122. The number of hydrogen-bond donors (Lipinski definition) is 2. The maximum atomic E-state index is 10.8. The molecule has 0 aliphatic carbocycles. The van der Waals surface area contributed by atoms with Crippen LogP contribution in [0.25, 0.3) is 0 Å². The molecule has 0 spiro atoms. The first kappa shape index (κ1) is 31.6. The highest BCUT2D eigenvalue weighted by atomic mass is 28.4. The lowest BCUT2D eigenvalue weighted by Gasteiger charge is -2.41. The molecule has 0 saturated heterocycles. The van der Waals surface area contributed by atoms with E-state index >= 15 is 0 Å². The third-order valence-electron chi connectivity index (χ3n) is 6.89. The molecular formula is C28H50O4Si. The highest BCUT2D eigenvalue weighted by molar-refractivity contribution is 6.74. The molecule has 0 saturated carbocycles. The average Bonchev–Trinajstić information content (AvgIpc) is 2.65. The zero-order valence-electron chi connectivity index (χ0n) is 22.7. The van der Waals surface area contributed by atoms with E-state index in [0.29, 0.717) is 11.8 Å². The Balaban J connectivity index is 4.91. The number of allylic oxidation sites excluding steroid dienone is 3. The van der Waals surface area contributed by atoms with Gasteiger partial charge in [0.2, 0.25) is 0 Å². The largest absolute Gasteiger partial charge is 0.478 e. The molecule has 33 heavy (non-hydrogen) atoms. The Kier molecular flexibility index (Phi) is 13.5. The second-order valence-corrected chi connectivity index (χ2v) is 16.1. The summed E-state index contributed by atoms with van der Waals surface area (Å²) in [5, 5.41) is 19.1. The first-order chi connectivity index (χ1) is 15.0. The van der Waals surface area contributed by atoms with Crippen LogP contribution in [0.4, 0.5) is 0 Å². The van der Waals surface area contributed by atoms with E-state index < -0.39 is 20.4 Å². The average molecular weight is 479 g/mol. The molecule has 0 aromatic heterocycles. The third kappa shape index (κ3) is 12.0. The van der Waals surface area contributed by atoms with E-state index in [-0.39, 0.29) is 23.1 Å². The maximum Gasteiger partial charge on any atom is 0.331 e. The molecule has 190 valence electrons. The van der Waals surface area contributed by atoms with E-state index in [4.69, 9.17) is 9.53 Å². The van der Waals surface area contributed by atoms with Gasteiger partial charge in [-0.3, -0.25) is 0 Å². The van der Waals surface area contributed by atoms with Gasteiger partial charge < -0.3 is 14.6 Å². The SMILES string of the molecule is C=C[C@@H](O[Si](C)(C)C(C)(C)C)[C@@H](CC/C(C)=C/CC/C(C)=C/[C@H](O)CC(=C)C(=O)O)C(C)C. The number of carboxylic acid groups (broad SMARTS) is 1. The van der Waals surface area contributed by atoms with Gasteiger partial charge in [-0.25, -0.2) is 4.79 Å². The summed E-state index contributed by atoms with van der Waals surface area (Å²) >= 11 is 0. The lowest BCUT2D eigenvalue weighted by Crippen LogP contribution is -2.46. The van der Waals surface area contributed by atoms with Crippen LogP contribution in [0.3, 0.4) is 0 Å². The fourth-order valence-corrected chi connectivity index (χ4v) is 4.86. The van der Waals surface area contributed by atoms with Crippen LogP contribution >= 0.6 is 0 Å². The topological polar surface area (TPSA) is 66.8 Å². The van der Waals surface area contributed by atoms with Gasteiger partial charge in [-0.1, -0.05) is 70.6 Å². The summed E-state index contributed by atoms with van der Waals surface area (Å²) in [7, 11) is -1.87. The molecule has 0 aliphatic heterocycles. The van der Waals surface area contributed by atoms with Gasteiger partial charge in [-0.05, 0) is 69.5 Å². The highest BCUT2D eigenvalue weighted by Gasteiger charge is 2.40. The van der Waals surface area contributed by atoms with E-state index in [1.807, 2.05) is 13.0 Å². The van der Waals surface area contributed by atoms with Crippen molar-refractivity contribution < 1.29 is 19.4 Å². The van der Waals surface area contributed by atoms with Gasteiger partial charge in [0, 0.05) is 12.0 Å². The zero-order valence-corrected chi connectivity index (χ0v) is 23.7. The predicted molar refractivity (Wildman–Crippen MR) is 144 cm³/mol. The molecule has 0 bridgehead atoms. The van der Waals surface area contributed by atoms with Crippen LogP contribution in [-0.2, 0) is 9.22 Å². The van der Waals surface area contributed by atoms with Crippen molar-refractivity contribution in [2.75, 3.05) is 0 Å². The Morgan fingerprint density at radius 2 is 1.70 bits per heavy atom. The van der Waals surface area contributed by atoms with E-state index in [9.17, 15) is 9.90 Å². The summed E-state index contributed by atoms with van der Waals surface area (Å²) in [6.07, 6.45) is 9.17. The molecular weight excluding hydrogens is 428 g/mol. The van der Waals surface area contributed by atoms with Gasteiger partial charge >= 0.3 is 5.97 Å². The van der Waals surface area contributed by atoms with Crippen LogP contribution in [-0.4, -0.2) is 36.7 Å². The molecule has 0 fully saturated rings. The number of carbonyl (C=O) groups is 1. The smallest absolute Gasteiger partial charge is 0.331 e. The molecule has 0 amide bonds. The minimum Gasteiger partial charge on any atom is -0.478 e. The zero-order chi connectivity index (χ0) is 26.0. The Morgan fingerprint density at radius 1 is 1.12 bits per heavy atom. The van der Waals surface area contributed by atoms with Gasteiger partial charge in [0.15, 0.2) is 8.32 Å². The second kappa shape index (κ2) is 14.1. The van der Waals surface area contributed by atoms with Crippen LogP contribution < -0.4 is 0 Å². The number of hydrogen-bond acceptors (Lipinski definition) is 3. The monoisotopic (exact) mass is 478 g/mol. The Morgan fingerprint density at radius 3 is 2.15 bits per heavy atom. The van der Waals surface area contributed by atoms with Crippen molar-refractivity contribution in [3.63, 3.8) is 0 Å². The van der Waals surface area contributed by atoms with Crippen molar-refractivity contribution in [3.8, 4) is 0 Å². The van der Waals surface area contributed by atoms with Crippen LogP contribution in [0.1, 0.15) is 80.6 Å². The Hall–Kier alpha value is -1.43. The summed E-state index contributed by atoms with van der Waals surface area (Å²) in [4.78, 5) is 10.8. The van der Waals surface area contributed by atoms with Gasteiger partial charge in [-0.15, -0.1) is 6.58 Å². The lowest BCUT2D eigenvalue weighted by atomic mass is 9.85. The molecule has 0 aliphatic rings. The molecule has 0 heterocycles. The summed E-state index contributed by atoms with van der Waals surface area (Å²) < 4.78 is 6.73. The van der Waals surface area contributed by atoms with Crippen molar-refractivity contribution in [3.05, 3.63) is 48.1 Å². The van der Waals surface area contributed by atoms with Crippen LogP contribution in [0.15, 0.2) is 48.1 Å². The van der Waals surface area contributed by atoms with E-state index in [0.717, 1.165) is 31.3 Å². The van der Waals surface area contributed by atoms with Crippen LogP contribution in [0, 0.1) is 11.8 Å². The lowest BCUT2D eigenvalue weighted by molar-refractivity contribution is -0.133. The number of rotatable bonds is 15. The number of aliphatic carboxylic acids is 1. The van der Waals surface area contributed by atoms with Crippen molar-refractivity contribution in [1.82, 2.24) is 0 Å². The second-order valence-electron chi connectivity index (χ2n) is 11.3. The minimum absolute atomic E-state index is 0.0253. The molecule has 5 heteroatoms. The molecule has 0 radical (unpaired) electrons. The van der Waals surface area contributed by atoms with Crippen LogP contribution in [0.5, 0.6) is 0 Å². The normalized spacial score (nSPS) is 16.5. The molecule has 0 aromatic carbocycles. The van der Waals surface area contributed by atoms with Crippen molar-refractivity contribution in [1.29, 1.82) is 0 Å². The molecule has 3 atom stereocenters.